The van der Waals surface area contributed by atoms with Gasteiger partial charge in [0.2, 0.25) is 5.91 Å². The van der Waals surface area contributed by atoms with Gasteiger partial charge in [0.15, 0.2) is 5.82 Å². The first-order chi connectivity index (χ1) is 9.17. The molecule has 1 aliphatic rings. The number of halogens is 3. The quantitative estimate of drug-likeness (QED) is 0.672. The van der Waals surface area contributed by atoms with Crippen molar-refractivity contribution in [1.29, 1.82) is 0 Å². The molecule has 5 nitrogen and oxygen atoms in total. The molecule has 1 unspecified atom stereocenters. The highest BCUT2D eigenvalue weighted by molar-refractivity contribution is 7.86. The summed E-state index contributed by atoms with van der Waals surface area (Å²) < 4.78 is 60.2. The minimum absolute atomic E-state index is 0.158. The molecule has 0 bridgehead atoms. The lowest BCUT2D eigenvalue weighted by molar-refractivity contribution is -0.117. The normalized spacial score (nSPS) is 19.6. The topological polar surface area (TPSA) is 80.5 Å². The number of carbonyl (C=O) groups excluding carboxylic acids is 1. The fraction of sp³-hybridized carbons (Fsp3) is 0.364. The van der Waals surface area contributed by atoms with Crippen LogP contribution in [0.2, 0.25) is 0 Å². The molecule has 0 radical (unpaired) electrons. The van der Waals surface area contributed by atoms with E-state index >= 15 is 0 Å². The van der Waals surface area contributed by atoms with Crippen molar-refractivity contribution in [3.8, 4) is 0 Å². The molecule has 1 aliphatic heterocycles. The van der Waals surface area contributed by atoms with E-state index in [9.17, 15) is 25.9 Å². The summed E-state index contributed by atoms with van der Waals surface area (Å²) in [6.45, 7) is -0.158. The van der Waals surface area contributed by atoms with Crippen molar-refractivity contribution in [2.75, 3.05) is 22.9 Å². The van der Waals surface area contributed by atoms with Crippen LogP contribution in [0.25, 0.3) is 0 Å². The molecular formula is C11H11F3N2O3S. The lowest BCUT2D eigenvalue weighted by atomic mass is 10.1. The maximum absolute atomic E-state index is 13.3. The summed E-state index contributed by atoms with van der Waals surface area (Å²) in [5.41, 5.74) is 4.85. The van der Waals surface area contributed by atoms with Crippen LogP contribution in [0.3, 0.4) is 0 Å². The van der Waals surface area contributed by atoms with Gasteiger partial charge >= 0.3 is 10.2 Å². The molecule has 110 valence electrons. The number of anilines is 2. The standard InChI is InChI=1S/C11H11F3N2O3S/c12-7-2-8(13)11(15)9(3-7)16-4-6(1-10(16)17)5-20(14,18)19/h2-3,6H,1,4-5,15H2. The van der Waals surface area contributed by atoms with Crippen LogP contribution in [0.15, 0.2) is 12.1 Å². The molecule has 0 aromatic heterocycles. The SMILES string of the molecule is Nc1c(F)cc(F)cc1N1CC(CS(=O)(=O)F)CC1=O. The third-order valence-electron chi connectivity index (χ3n) is 3.00. The van der Waals surface area contributed by atoms with Gasteiger partial charge < -0.3 is 10.6 Å². The van der Waals surface area contributed by atoms with E-state index in [-0.39, 0.29) is 18.7 Å². The summed E-state index contributed by atoms with van der Waals surface area (Å²) in [5, 5.41) is 0. The van der Waals surface area contributed by atoms with Crippen molar-refractivity contribution < 1.29 is 25.9 Å². The van der Waals surface area contributed by atoms with E-state index in [0.717, 1.165) is 11.0 Å². The Kier molecular flexibility index (Phi) is 3.63. The first-order valence-electron chi connectivity index (χ1n) is 5.64. The van der Waals surface area contributed by atoms with E-state index in [2.05, 4.69) is 0 Å². The first kappa shape index (κ1) is 14.6. The maximum Gasteiger partial charge on any atom is 0.302 e. The Morgan fingerprint density at radius 2 is 2.00 bits per heavy atom. The number of hydrogen-bond acceptors (Lipinski definition) is 4. The van der Waals surface area contributed by atoms with Gasteiger partial charge in [-0.05, 0) is 6.07 Å². The summed E-state index contributed by atoms with van der Waals surface area (Å²) >= 11 is 0. The Morgan fingerprint density at radius 1 is 1.35 bits per heavy atom. The second-order valence-corrected chi connectivity index (χ2v) is 6.01. The monoisotopic (exact) mass is 308 g/mol. The summed E-state index contributed by atoms with van der Waals surface area (Å²) in [4.78, 5) is 12.7. The predicted octanol–water partition coefficient (Wildman–Crippen LogP) is 1.20. The molecule has 1 aromatic carbocycles. The van der Waals surface area contributed by atoms with Gasteiger partial charge in [-0.2, -0.15) is 8.42 Å². The largest absolute Gasteiger partial charge is 0.395 e. The molecule has 1 amide bonds. The van der Waals surface area contributed by atoms with Crippen molar-refractivity contribution >= 4 is 27.5 Å². The molecule has 1 atom stereocenters. The van der Waals surface area contributed by atoms with Gasteiger partial charge in [-0.1, -0.05) is 0 Å². The Balaban J connectivity index is 2.29. The third-order valence-corrected chi connectivity index (χ3v) is 3.87. The van der Waals surface area contributed by atoms with Gasteiger partial charge in [0.25, 0.3) is 0 Å². The predicted molar refractivity (Wildman–Crippen MR) is 66.1 cm³/mol. The van der Waals surface area contributed by atoms with Crippen LogP contribution in [0.4, 0.5) is 24.0 Å². The van der Waals surface area contributed by atoms with Gasteiger partial charge in [0.05, 0.1) is 17.1 Å². The zero-order chi connectivity index (χ0) is 15.1. The summed E-state index contributed by atoms with van der Waals surface area (Å²) in [5.74, 6) is -4.08. The highest BCUT2D eigenvalue weighted by atomic mass is 32.3. The van der Waals surface area contributed by atoms with Crippen LogP contribution < -0.4 is 10.6 Å². The average Bonchev–Trinajstić information content (AvgIpc) is 2.62. The second-order valence-electron chi connectivity index (χ2n) is 4.60. The second kappa shape index (κ2) is 4.97. The molecule has 0 saturated carbocycles. The molecule has 1 heterocycles. The van der Waals surface area contributed by atoms with Crippen molar-refractivity contribution in [1.82, 2.24) is 0 Å². The number of benzene rings is 1. The smallest absolute Gasteiger partial charge is 0.302 e. The van der Waals surface area contributed by atoms with E-state index in [1.807, 2.05) is 0 Å². The van der Waals surface area contributed by atoms with Crippen molar-refractivity contribution in [3.05, 3.63) is 23.8 Å². The highest BCUT2D eigenvalue weighted by Crippen LogP contribution is 2.32. The zero-order valence-corrected chi connectivity index (χ0v) is 11.0. The van der Waals surface area contributed by atoms with Gasteiger partial charge in [-0.3, -0.25) is 4.79 Å². The summed E-state index contributed by atoms with van der Waals surface area (Å²) in [7, 11) is -4.72. The van der Waals surface area contributed by atoms with Crippen molar-refractivity contribution in [3.63, 3.8) is 0 Å². The molecule has 1 aromatic rings. The fourth-order valence-electron chi connectivity index (χ4n) is 2.20. The minimum atomic E-state index is -4.72. The molecule has 0 aliphatic carbocycles. The molecule has 0 spiro atoms. The van der Waals surface area contributed by atoms with Crippen LogP contribution >= 0.6 is 0 Å². The Morgan fingerprint density at radius 3 is 2.60 bits per heavy atom. The summed E-state index contributed by atoms with van der Waals surface area (Å²) in [6, 6.07) is 1.45. The molecule has 20 heavy (non-hydrogen) atoms. The number of nitrogens with zero attached hydrogens (tertiary/aromatic N) is 1. The van der Waals surface area contributed by atoms with Crippen LogP contribution in [0.1, 0.15) is 6.42 Å². The first-order valence-corrected chi connectivity index (χ1v) is 7.20. The Bertz CT molecular complexity index is 663. The third kappa shape index (κ3) is 3.03. The lowest BCUT2D eigenvalue weighted by Gasteiger charge is -2.19. The molecule has 1 fully saturated rings. The number of carbonyl (C=O) groups is 1. The molecule has 2 rings (SSSR count). The number of hydrogen-bond donors (Lipinski definition) is 1. The summed E-state index contributed by atoms with van der Waals surface area (Å²) in [6.07, 6.45) is -0.222. The van der Waals surface area contributed by atoms with Gasteiger partial charge in [0, 0.05) is 24.9 Å². The van der Waals surface area contributed by atoms with E-state index in [4.69, 9.17) is 5.73 Å². The van der Waals surface area contributed by atoms with Crippen LogP contribution in [0.5, 0.6) is 0 Å². The number of nitrogens with two attached hydrogens (primary N) is 1. The highest BCUT2D eigenvalue weighted by Gasteiger charge is 2.35. The van der Waals surface area contributed by atoms with Crippen molar-refractivity contribution in [2.24, 2.45) is 5.92 Å². The Hall–Kier alpha value is -1.77. The molecule has 1 saturated heterocycles. The number of amides is 1. The van der Waals surface area contributed by atoms with Gasteiger partial charge in [-0.15, -0.1) is 3.89 Å². The fourth-order valence-corrected chi connectivity index (χ4v) is 2.99. The van der Waals surface area contributed by atoms with E-state index in [1.165, 1.54) is 0 Å². The van der Waals surface area contributed by atoms with Crippen LogP contribution in [-0.2, 0) is 15.0 Å². The zero-order valence-electron chi connectivity index (χ0n) is 10.1. The molecular weight excluding hydrogens is 297 g/mol. The van der Waals surface area contributed by atoms with Crippen LogP contribution in [-0.4, -0.2) is 26.6 Å². The number of rotatable bonds is 3. The lowest BCUT2D eigenvalue weighted by Crippen LogP contribution is -2.26. The molecule has 9 heteroatoms. The maximum atomic E-state index is 13.3. The van der Waals surface area contributed by atoms with E-state index < -0.39 is 45.1 Å². The van der Waals surface area contributed by atoms with Crippen molar-refractivity contribution in [2.45, 2.75) is 6.42 Å². The van der Waals surface area contributed by atoms with Gasteiger partial charge in [-0.25, -0.2) is 8.78 Å². The number of nitrogen functional groups attached to an aromatic ring is 1. The molecule has 2 N–H and O–H groups in total. The Labute approximate surface area is 113 Å². The minimum Gasteiger partial charge on any atom is -0.395 e. The van der Waals surface area contributed by atoms with E-state index in [1.54, 1.807) is 0 Å². The van der Waals surface area contributed by atoms with E-state index in [0.29, 0.717) is 6.07 Å². The average molecular weight is 308 g/mol. The van der Waals surface area contributed by atoms with Gasteiger partial charge in [0.1, 0.15) is 5.82 Å². The van der Waals surface area contributed by atoms with Crippen LogP contribution in [0, 0.1) is 17.6 Å².